The van der Waals surface area contributed by atoms with Gasteiger partial charge in [-0.2, -0.15) is 0 Å². The SMILES string of the molecule is CC(=CCCNCC(C)C)Cc1ccc(O)cc1. The van der Waals surface area contributed by atoms with Gasteiger partial charge < -0.3 is 10.4 Å². The lowest BCUT2D eigenvalue weighted by atomic mass is 10.1. The van der Waals surface area contributed by atoms with E-state index in [1.54, 1.807) is 12.1 Å². The molecule has 0 radical (unpaired) electrons. The van der Waals surface area contributed by atoms with Crippen molar-refractivity contribution < 1.29 is 5.11 Å². The summed E-state index contributed by atoms with van der Waals surface area (Å²) in [5, 5.41) is 12.6. The van der Waals surface area contributed by atoms with Crippen molar-refractivity contribution in [2.75, 3.05) is 13.1 Å². The Morgan fingerprint density at radius 2 is 1.94 bits per heavy atom. The third-order valence-electron chi connectivity index (χ3n) is 2.79. The van der Waals surface area contributed by atoms with Crippen molar-refractivity contribution in [2.24, 2.45) is 5.92 Å². The second-order valence-corrected chi connectivity index (χ2v) is 5.28. The summed E-state index contributed by atoms with van der Waals surface area (Å²) in [6.45, 7) is 8.74. The van der Waals surface area contributed by atoms with Gasteiger partial charge in [-0.1, -0.05) is 37.6 Å². The first kappa shape index (κ1) is 14.8. The van der Waals surface area contributed by atoms with Crippen LogP contribution in [0.2, 0.25) is 0 Å². The van der Waals surface area contributed by atoms with Gasteiger partial charge in [-0.05, 0) is 56.5 Å². The van der Waals surface area contributed by atoms with E-state index in [1.165, 1.54) is 11.1 Å². The molecular formula is C16H25NO. The van der Waals surface area contributed by atoms with Crippen molar-refractivity contribution >= 4 is 0 Å². The molecule has 100 valence electrons. The van der Waals surface area contributed by atoms with Gasteiger partial charge in [0.2, 0.25) is 0 Å². The number of benzene rings is 1. The molecule has 0 heterocycles. The predicted octanol–water partition coefficient (Wildman–Crippen LogP) is 3.52. The van der Waals surface area contributed by atoms with Crippen molar-refractivity contribution in [1.29, 1.82) is 0 Å². The Labute approximate surface area is 111 Å². The summed E-state index contributed by atoms with van der Waals surface area (Å²) < 4.78 is 0. The number of hydrogen-bond acceptors (Lipinski definition) is 2. The second kappa shape index (κ2) is 7.93. The first-order valence-electron chi connectivity index (χ1n) is 6.72. The molecule has 0 spiro atoms. The van der Waals surface area contributed by atoms with Crippen LogP contribution in [0, 0.1) is 5.92 Å². The molecule has 0 unspecified atom stereocenters. The third-order valence-corrected chi connectivity index (χ3v) is 2.79. The Hall–Kier alpha value is -1.28. The van der Waals surface area contributed by atoms with E-state index >= 15 is 0 Å². The summed E-state index contributed by atoms with van der Waals surface area (Å²) in [5.74, 6) is 1.05. The van der Waals surface area contributed by atoms with Crippen molar-refractivity contribution in [3.63, 3.8) is 0 Å². The van der Waals surface area contributed by atoms with E-state index in [2.05, 4.69) is 32.2 Å². The Morgan fingerprint density at radius 1 is 1.28 bits per heavy atom. The lowest BCUT2D eigenvalue weighted by Gasteiger charge is -2.06. The first-order chi connectivity index (χ1) is 8.58. The summed E-state index contributed by atoms with van der Waals surface area (Å²) in [7, 11) is 0. The largest absolute Gasteiger partial charge is 0.508 e. The van der Waals surface area contributed by atoms with Gasteiger partial charge in [0.05, 0.1) is 0 Å². The molecular weight excluding hydrogens is 222 g/mol. The maximum absolute atomic E-state index is 9.21. The zero-order valence-electron chi connectivity index (χ0n) is 11.7. The number of hydrogen-bond donors (Lipinski definition) is 2. The van der Waals surface area contributed by atoms with E-state index in [9.17, 15) is 5.11 Å². The Balaban J connectivity index is 2.27. The highest BCUT2D eigenvalue weighted by Crippen LogP contribution is 2.13. The lowest BCUT2D eigenvalue weighted by molar-refractivity contribution is 0.475. The van der Waals surface area contributed by atoms with Crippen LogP contribution < -0.4 is 5.32 Å². The maximum Gasteiger partial charge on any atom is 0.115 e. The van der Waals surface area contributed by atoms with Gasteiger partial charge in [0.25, 0.3) is 0 Å². The molecule has 0 bridgehead atoms. The molecule has 0 aromatic heterocycles. The second-order valence-electron chi connectivity index (χ2n) is 5.28. The minimum absolute atomic E-state index is 0.332. The van der Waals surface area contributed by atoms with E-state index < -0.39 is 0 Å². The summed E-state index contributed by atoms with van der Waals surface area (Å²) in [4.78, 5) is 0. The maximum atomic E-state index is 9.21. The van der Waals surface area contributed by atoms with Crippen LogP contribution in [0.1, 0.15) is 32.8 Å². The summed E-state index contributed by atoms with van der Waals surface area (Å²) in [6.07, 6.45) is 4.33. The van der Waals surface area contributed by atoms with Crippen LogP contribution in [0.25, 0.3) is 0 Å². The van der Waals surface area contributed by atoms with Crippen LogP contribution in [-0.4, -0.2) is 18.2 Å². The predicted molar refractivity (Wildman–Crippen MR) is 77.9 cm³/mol. The van der Waals surface area contributed by atoms with E-state index in [4.69, 9.17) is 0 Å². The van der Waals surface area contributed by atoms with E-state index in [1.807, 2.05) is 12.1 Å². The van der Waals surface area contributed by atoms with Crippen LogP contribution >= 0.6 is 0 Å². The molecule has 0 amide bonds. The smallest absolute Gasteiger partial charge is 0.115 e. The van der Waals surface area contributed by atoms with E-state index in [-0.39, 0.29) is 0 Å². The molecule has 2 heteroatoms. The van der Waals surface area contributed by atoms with Crippen LogP contribution in [0.15, 0.2) is 35.9 Å². The Kier molecular flexibility index (Phi) is 6.51. The van der Waals surface area contributed by atoms with Gasteiger partial charge >= 0.3 is 0 Å². The monoisotopic (exact) mass is 247 g/mol. The number of rotatable bonds is 7. The topological polar surface area (TPSA) is 32.3 Å². The molecule has 2 N–H and O–H groups in total. The van der Waals surface area contributed by atoms with Crippen LogP contribution in [-0.2, 0) is 6.42 Å². The summed E-state index contributed by atoms with van der Waals surface area (Å²) in [6, 6.07) is 7.44. The fourth-order valence-electron chi connectivity index (χ4n) is 1.82. The third kappa shape index (κ3) is 6.45. The molecule has 0 atom stereocenters. The van der Waals surface area contributed by atoms with Gasteiger partial charge in [0.15, 0.2) is 0 Å². The average molecular weight is 247 g/mol. The highest BCUT2D eigenvalue weighted by molar-refractivity contribution is 5.28. The first-order valence-corrected chi connectivity index (χ1v) is 6.72. The highest BCUT2D eigenvalue weighted by atomic mass is 16.3. The lowest BCUT2D eigenvalue weighted by Crippen LogP contribution is -2.20. The van der Waals surface area contributed by atoms with Crippen LogP contribution in [0.5, 0.6) is 5.75 Å². The zero-order chi connectivity index (χ0) is 13.4. The number of nitrogens with one attached hydrogen (secondary N) is 1. The molecule has 18 heavy (non-hydrogen) atoms. The van der Waals surface area contributed by atoms with E-state index in [0.29, 0.717) is 11.7 Å². The van der Waals surface area contributed by atoms with Crippen molar-refractivity contribution in [2.45, 2.75) is 33.6 Å². The van der Waals surface area contributed by atoms with Crippen LogP contribution in [0.4, 0.5) is 0 Å². The van der Waals surface area contributed by atoms with Crippen molar-refractivity contribution in [1.82, 2.24) is 5.32 Å². The molecule has 2 nitrogen and oxygen atoms in total. The number of aromatic hydroxyl groups is 1. The highest BCUT2D eigenvalue weighted by Gasteiger charge is 1.96. The molecule has 0 saturated heterocycles. The van der Waals surface area contributed by atoms with Gasteiger partial charge in [-0.15, -0.1) is 0 Å². The van der Waals surface area contributed by atoms with Crippen molar-refractivity contribution in [3.05, 3.63) is 41.5 Å². The average Bonchev–Trinajstić information content (AvgIpc) is 2.31. The van der Waals surface area contributed by atoms with Gasteiger partial charge in [0, 0.05) is 0 Å². The fraction of sp³-hybridized carbons (Fsp3) is 0.500. The Morgan fingerprint density at radius 3 is 2.56 bits per heavy atom. The van der Waals surface area contributed by atoms with Gasteiger partial charge in [-0.3, -0.25) is 0 Å². The molecule has 0 saturated carbocycles. The minimum Gasteiger partial charge on any atom is -0.508 e. The minimum atomic E-state index is 0.332. The molecule has 1 aromatic carbocycles. The van der Waals surface area contributed by atoms with Crippen LogP contribution in [0.3, 0.4) is 0 Å². The molecule has 1 aromatic rings. The van der Waals surface area contributed by atoms with Gasteiger partial charge in [0.1, 0.15) is 5.75 Å². The normalized spacial score (nSPS) is 12.1. The standard InChI is InChI=1S/C16H25NO/c1-13(2)12-17-10-4-5-14(3)11-15-6-8-16(18)9-7-15/h5-9,13,17-18H,4,10-12H2,1-3H3. The van der Waals surface area contributed by atoms with Crippen molar-refractivity contribution in [3.8, 4) is 5.75 Å². The quantitative estimate of drug-likeness (QED) is 0.571. The Bertz CT molecular complexity index is 365. The number of phenolic OH excluding ortho intramolecular Hbond substituents is 1. The summed E-state index contributed by atoms with van der Waals surface area (Å²) >= 11 is 0. The van der Waals surface area contributed by atoms with Gasteiger partial charge in [-0.25, -0.2) is 0 Å². The zero-order valence-corrected chi connectivity index (χ0v) is 11.7. The fourth-order valence-corrected chi connectivity index (χ4v) is 1.82. The molecule has 0 fully saturated rings. The summed E-state index contributed by atoms with van der Waals surface area (Å²) in [5.41, 5.74) is 2.63. The molecule has 0 aliphatic heterocycles. The molecule has 0 aliphatic carbocycles. The number of allylic oxidation sites excluding steroid dienone is 1. The van der Waals surface area contributed by atoms with E-state index in [0.717, 1.165) is 25.9 Å². The number of phenols is 1. The molecule has 0 aliphatic rings. The molecule has 1 rings (SSSR count).